The smallest absolute Gasteiger partial charge is 0.269 e. The number of imide groups is 1. The quantitative estimate of drug-likeness (QED) is 0.309. The van der Waals surface area contributed by atoms with Gasteiger partial charge in [-0.25, -0.2) is 0 Å². The van der Waals surface area contributed by atoms with Gasteiger partial charge in [-0.05, 0) is 48.5 Å². The molecule has 3 aromatic carbocycles. The molecule has 3 amide bonds. The maximum atomic E-state index is 13.3. The van der Waals surface area contributed by atoms with Crippen molar-refractivity contribution in [3.8, 4) is 0 Å². The van der Waals surface area contributed by atoms with Gasteiger partial charge in [-0.1, -0.05) is 28.1 Å². The number of non-ortho nitro benzene ring substituents is 1. The summed E-state index contributed by atoms with van der Waals surface area (Å²) in [6, 6.07) is 18.4. The molecule has 4 rings (SSSR count). The van der Waals surface area contributed by atoms with E-state index in [1.807, 2.05) is 0 Å². The summed E-state index contributed by atoms with van der Waals surface area (Å²) in [6.45, 7) is -0.302. The molecular weight excluding hydrogens is 466 g/mol. The minimum Gasteiger partial charge on any atom is -0.290 e. The molecule has 31 heavy (non-hydrogen) atoms. The summed E-state index contributed by atoms with van der Waals surface area (Å²) in [4.78, 5) is 51.5. The Hall–Kier alpha value is -3.85. The van der Waals surface area contributed by atoms with Crippen molar-refractivity contribution >= 4 is 45.0 Å². The van der Waals surface area contributed by atoms with Crippen molar-refractivity contribution in [3.63, 3.8) is 0 Å². The highest BCUT2D eigenvalue weighted by molar-refractivity contribution is 9.10. The second kappa shape index (κ2) is 8.11. The van der Waals surface area contributed by atoms with Crippen LogP contribution in [0, 0.1) is 10.1 Å². The van der Waals surface area contributed by atoms with Crippen LogP contribution in [-0.4, -0.2) is 34.2 Å². The number of hydrogen-bond donors (Lipinski definition) is 0. The second-order valence-electron chi connectivity index (χ2n) is 6.74. The first kappa shape index (κ1) is 20.4. The van der Waals surface area contributed by atoms with E-state index in [9.17, 15) is 24.5 Å². The molecule has 0 aliphatic carbocycles. The fourth-order valence-electron chi connectivity index (χ4n) is 3.27. The molecule has 0 saturated carbocycles. The Morgan fingerprint density at radius 1 is 0.903 bits per heavy atom. The lowest BCUT2D eigenvalue weighted by Crippen LogP contribution is -2.44. The van der Waals surface area contributed by atoms with Crippen LogP contribution in [0.1, 0.15) is 31.1 Å². The third-order valence-electron chi connectivity index (χ3n) is 4.87. The number of hydrogen-bond acceptors (Lipinski definition) is 5. The normalized spacial score (nSPS) is 12.6. The van der Waals surface area contributed by atoms with Crippen molar-refractivity contribution in [1.82, 2.24) is 4.90 Å². The third-order valence-corrected chi connectivity index (χ3v) is 5.40. The summed E-state index contributed by atoms with van der Waals surface area (Å²) in [7, 11) is 0. The van der Waals surface area contributed by atoms with Crippen molar-refractivity contribution in [1.29, 1.82) is 0 Å². The van der Waals surface area contributed by atoms with Crippen LogP contribution in [0.3, 0.4) is 0 Å². The highest BCUT2D eigenvalue weighted by Crippen LogP contribution is 2.26. The van der Waals surface area contributed by atoms with E-state index < -0.39 is 22.6 Å². The molecule has 0 aromatic heterocycles. The average molecular weight is 480 g/mol. The largest absolute Gasteiger partial charge is 0.290 e. The van der Waals surface area contributed by atoms with Gasteiger partial charge < -0.3 is 0 Å². The maximum Gasteiger partial charge on any atom is 0.269 e. The van der Waals surface area contributed by atoms with Gasteiger partial charge in [0.05, 0.1) is 16.1 Å². The van der Waals surface area contributed by atoms with Crippen LogP contribution in [0.5, 0.6) is 0 Å². The second-order valence-corrected chi connectivity index (χ2v) is 7.65. The lowest BCUT2D eigenvalue weighted by molar-refractivity contribution is -0.384. The first-order valence-corrected chi connectivity index (χ1v) is 9.93. The summed E-state index contributed by atoms with van der Waals surface area (Å²) in [5, 5.41) is 10.9. The number of carbonyl (C=O) groups excluding carboxylic acids is 3. The van der Waals surface area contributed by atoms with Gasteiger partial charge in [-0.15, -0.1) is 0 Å². The van der Waals surface area contributed by atoms with Gasteiger partial charge in [0.25, 0.3) is 23.4 Å². The lowest BCUT2D eigenvalue weighted by atomic mass is 10.1. The molecule has 0 fully saturated rings. The first-order valence-electron chi connectivity index (χ1n) is 9.14. The van der Waals surface area contributed by atoms with Gasteiger partial charge in [-0.2, -0.15) is 0 Å². The van der Waals surface area contributed by atoms with Crippen LogP contribution >= 0.6 is 15.9 Å². The number of rotatable bonds is 5. The molecule has 1 aliphatic heterocycles. The monoisotopic (exact) mass is 479 g/mol. The Balaban J connectivity index is 1.69. The predicted octanol–water partition coefficient (Wildman–Crippen LogP) is 4.26. The number of carbonyl (C=O) groups is 3. The standard InChI is InChI=1S/C22H14BrN3O5/c23-15-7-11-16(12-8-15)24(20(27)14-5-9-17(10-6-14)26(30)31)13-25-21(28)18-3-1-2-4-19(18)22(25)29/h1-12H,13H2. The minimum atomic E-state index is -0.556. The molecule has 9 heteroatoms. The molecular formula is C22H14BrN3O5. The van der Waals surface area contributed by atoms with Crippen LogP contribution in [0.15, 0.2) is 77.3 Å². The Morgan fingerprint density at radius 3 is 1.97 bits per heavy atom. The number of amides is 3. The summed E-state index contributed by atoms with van der Waals surface area (Å²) < 4.78 is 0.791. The molecule has 0 bridgehead atoms. The number of fused-ring (bicyclic) bond motifs is 1. The van der Waals surface area contributed by atoms with Crippen molar-refractivity contribution < 1.29 is 19.3 Å². The zero-order valence-electron chi connectivity index (χ0n) is 15.9. The van der Waals surface area contributed by atoms with E-state index in [1.54, 1.807) is 48.5 Å². The number of halogens is 1. The Bertz CT molecular complexity index is 1170. The Kier molecular flexibility index (Phi) is 5.35. The van der Waals surface area contributed by atoms with E-state index in [0.29, 0.717) is 5.69 Å². The summed E-state index contributed by atoms with van der Waals surface area (Å²) >= 11 is 3.34. The van der Waals surface area contributed by atoms with E-state index in [4.69, 9.17) is 0 Å². The minimum absolute atomic E-state index is 0.146. The molecule has 0 atom stereocenters. The molecule has 1 heterocycles. The number of anilines is 1. The summed E-state index contributed by atoms with van der Waals surface area (Å²) in [5.74, 6) is -1.48. The number of nitro benzene ring substituents is 1. The maximum absolute atomic E-state index is 13.3. The zero-order chi connectivity index (χ0) is 22.1. The van der Waals surface area contributed by atoms with Crippen molar-refractivity contribution in [2.75, 3.05) is 11.6 Å². The summed E-state index contributed by atoms with van der Waals surface area (Å²) in [6.07, 6.45) is 0. The topological polar surface area (TPSA) is 101 Å². The van der Waals surface area contributed by atoms with Gasteiger partial charge >= 0.3 is 0 Å². The Morgan fingerprint density at radius 2 is 1.45 bits per heavy atom. The fourth-order valence-corrected chi connectivity index (χ4v) is 3.54. The third kappa shape index (κ3) is 3.82. The zero-order valence-corrected chi connectivity index (χ0v) is 17.5. The van der Waals surface area contributed by atoms with E-state index in [2.05, 4.69) is 15.9 Å². The first-order chi connectivity index (χ1) is 14.9. The Labute approximate surface area is 185 Å². The molecule has 0 radical (unpaired) electrons. The SMILES string of the molecule is O=C1c2ccccc2C(=O)N1CN(C(=O)c1ccc([N+](=O)[O-])cc1)c1ccc(Br)cc1. The van der Waals surface area contributed by atoms with Gasteiger partial charge in [0, 0.05) is 27.9 Å². The molecule has 154 valence electrons. The highest BCUT2D eigenvalue weighted by Gasteiger charge is 2.37. The van der Waals surface area contributed by atoms with E-state index in [0.717, 1.165) is 9.37 Å². The van der Waals surface area contributed by atoms with Crippen molar-refractivity contribution in [2.24, 2.45) is 0 Å². The van der Waals surface area contributed by atoms with Crippen LogP contribution < -0.4 is 4.90 Å². The van der Waals surface area contributed by atoms with Crippen LogP contribution in [0.25, 0.3) is 0 Å². The van der Waals surface area contributed by atoms with Gasteiger partial charge in [0.1, 0.15) is 6.67 Å². The number of benzene rings is 3. The molecule has 1 aliphatic rings. The molecule has 8 nitrogen and oxygen atoms in total. The van der Waals surface area contributed by atoms with Gasteiger partial charge in [0.15, 0.2) is 0 Å². The van der Waals surface area contributed by atoms with E-state index in [-0.39, 0.29) is 29.0 Å². The number of nitro groups is 1. The van der Waals surface area contributed by atoms with Crippen molar-refractivity contribution in [3.05, 3.63) is 104 Å². The lowest BCUT2D eigenvalue weighted by Gasteiger charge is -2.27. The van der Waals surface area contributed by atoms with Gasteiger partial charge in [-0.3, -0.25) is 34.3 Å². The van der Waals surface area contributed by atoms with E-state index >= 15 is 0 Å². The predicted molar refractivity (Wildman–Crippen MR) is 116 cm³/mol. The molecule has 0 saturated heterocycles. The van der Waals surface area contributed by atoms with Crippen LogP contribution in [0.4, 0.5) is 11.4 Å². The average Bonchev–Trinajstić information content (AvgIpc) is 3.02. The summed E-state index contributed by atoms with van der Waals surface area (Å²) in [5.41, 5.74) is 1.07. The highest BCUT2D eigenvalue weighted by atomic mass is 79.9. The molecule has 3 aromatic rings. The van der Waals surface area contributed by atoms with E-state index in [1.165, 1.54) is 29.2 Å². The molecule has 0 N–H and O–H groups in total. The van der Waals surface area contributed by atoms with Crippen LogP contribution in [-0.2, 0) is 0 Å². The number of nitrogens with zero attached hydrogens (tertiary/aromatic N) is 3. The van der Waals surface area contributed by atoms with Crippen LogP contribution in [0.2, 0.25) is 0 Å². The molecule has 0 spiro atoms. The fraction of sp³-hybridized carbons (Fsp3) is 0.0455. The molecule has 0 unspecified atom stereocenters. The van der Waals surface area contributed by atoms with Crippen molar-refractivity contribution in [2.45, 2.75) is 0 Å². The van der Waals surface area contributed by atoms with Gasteiger partial charge in [0.2, 0.25) is 0 Å².